The third-order valence-corrected chi connectivity index (χ3v) is 1.87. The van der Waals surface area contributed by atoms with Crippen LogP contribution in [-0.2, 0) is 9.53 Å². The molecule has 0 spiro atoms. The molecule has 0 aromatic carbocycles. The van der Waals surface area contributed by atoms with Crippen LogP contribution in [0.25, 0.3) is 0 Å². The molecule has 16 heavy (non-hydrogen) atoms. The first-order chi connectivity index (χ1) is 7.43. The van der Waals surface area contributed by atoms with Crippen molar-refractivity contribution in [3.8, 4) is 0 Å². The van der Waals surface area contributed by atoms with E-state index in [-0.39, 0.29) is 18.6 Å². The van der Waals surface area contributed by atoms with Crippen molar-refractivity contribution in [2.75, 3.05) is 19.7 Å². The van der Waals surface area contributed by atoms with Crippen LogP contribution < -0.4 is 16.4 Å². The Morgan fingerprint density at radius 3 is 2.44 bits per heavy atom. The van der Waals surface area contributed by atoms with Crippen LogP contribution in [0.15, 0.2) is 0 Å². The van der Waals surface area contributed by atoms with Gasteiger partial charge in [-0.1, -0.05) is 13.8 Å². The van der Waals surface area contributed by atoms with E-state index in [1.54, 1.807) is 6.92 Å². The fourth-order valence-electron chi connectivity index (χ4n) is 0.978. The summed E-state index contributed by atoms with van der Waals surface area (Å²) in [5.74, 6) is 0.363. The number of rotatable bonds is 7. The lowest BCUT2D eigenvalue weighted by Gasteiger charge is -2.14. The maximum Gasteiger partial charge on any atom is 0.404 e. The number of carbonyl (C=O) groups is 2. The van der Waals surface area contributed by atoms with Crippen LogP contribution in [0.2, 0.25) is 0 Å². The zero-order valence-electron chi connectivity index (χ0n) is 10.1. The molecule has 1 atom stereocenters. The van der Waals surface area contributed by atoms with Crippen LogP contribution in [0.4, 0.5) is 4.79 Å². The molecule has 0 aromatic rings. The highest BCUT2D eigenvalue weighted by atomic mass is 16.5. The average molecular weight is 231 g/mol. The minimum absolute atomic E-state index is 0.0622. The van der Waals surface area contributed by atoms with Crippen molar-refractivity contribution in [1.82, 2.24) is 10.6 Å². The zero-order chi connectivity index (χ0) is 12.6. The van der Waals surface area contributed by atoms with Gasteiger partial charge in [-0.25, -0.2) is 4.79 Å². The van der Waals surface area contributed by atoms with Gasteiger partial charge in [0, 0.05) is 13.1 Å². The molecule has 6 nitrogen and oxygen atoms in total. The molecule has 2 amide bonds. The van der Waals surface area contributed by atoms with Crippen molar-refractivity contribution in [2.24, 2.45) is 11.7 Å². The molecule has 0 rings (SSSR count). The zero-order valence-corrected chi connectivity index (χ0v) is 10.1. The summed E-state index contributed by atoms with van der Waals surface area (Å²) in [7, 11) is 0. The fourth-order valence-corrected chi connectivity index (χ4v) is 0.978. The predicted octanol–water partition coefficient (Wildman–Crippen LogP) is -0.168. The molecule has 0 saturated carbocycles. The van der Waals surface area contributed by atoms with E-state index in [4.69, 9.17) is 5.73 Å². The molecule has 0 saturated heterocycles. The van der Waals surface area contributed by atoms with Crippen LogP contribution in [0.1, 0.15) is 20.8 Å². The van der Waals surface area contributed by atoms with Gasteiger partial charge in [-0.15, -0.1) is 0 Å². The molecular formula is C10H21N3O3. The van der Waals surface area contributed by atoms with Crippen LogP contribution in [0, 0.1) is 5.92 Å². The van der Waals surface area contributed by atoms with E-state index >= 15 is 0 Å². The summed E-state index contributed by atoms with van der Waals surface area (Å²) in [6, 6.07) is -0.310. The lowest BCUT2D eigenvalue weighted by atomic mass is 10.2. The second-order valence-corrected chi connectivity index (χ2v) is 3.98. The molecule has 0 heterocycles. The van der Waals surface area contributed by atoms with Crippen molar-refractivity contribution >= 4 is 12.0 Å². The molecule has 0 radical (unpaired) electrons. The maximum atomic E-state index is 11.5. The minimum atomic E-state index is -0.807. The Balaban J connectivity index is 3.59. The largest absolute Gasteiger partial charge is 0.448 e. The van der Waals surface area contributed by atoms with E-state index in [1.165, 1.54) is 0 Å². The van der Waals surface area contributed by atoms with Crippen LogP contribution in [0.3, 0.4) is 0 Å². The number of nitrogens with one attached hydrogen (secondary N) is 2. The SMILES string of the molecule is CC(C)CNC(=O)C(C)NCCOC(N)=O. The Hall–Kier alpha value is -1.30. The Labute approximate surface area is 95.9 Å². The highest BCUT2D eigenvalue weighted by Crippen LogP contribution is 1.89. The lowest BCUT2D eigenvalue weighted by Crippen LogP contribution is -2.44. The van der Waals surface area contributed by atoms with Crippen LogP contribution in [0.5, 0.6) is 0 Å². The van der Waals surface area contributed by atoms with Gasteiger partial charge in [0.15, 0.2) is 0 Å². The van der Waals surface area contributed by atoms with Gasteiger partial charge in [0.1, 0.15) is 6.61 Å². The third-order valence-electron chi connectivity index (χ3n) is 1.87. The van der Waals surface area contributed by atoms with Gasteiger partial charge >= 0.3 is 6.09 Å². The smallest absolute Gasteiger partial charge is 0.404 e. The van der Waals surface area contributed by atoms with Crippen molar-refractivity contribution < 1.29 is 14.3 Å². The van der Waals surface area contributed by atoms with Gasteiger partial charge in [-0.2, -0.15) is 0 Å². The number of carbonyl (C=O) groups excluding carboxylic acids is 2. The Bertz CT molecular complexity index is 231. The number of hydrogen-bond acceptors (Lipinski definition) is 4. The lowest BCUT2D eigenvalue weighted by molar-refractivity contribution is -0.122. The van der Waals surface area contributed by atoms with Crippen molar-refractivity contribution in [1.29, 1.82) is 0 Å². The van der Waals surface area contributed by atoms with E-state index in [9.17, 15) is 9.59 Å². The first-order valence-electron chi connectivity index (χ1n) is 5.36. The fraction of sp³-hybridized carbons (Fsp3) is 0.800. The molecule has 0 aliphatic carbocycles. The Kier molecular flexibility index (Phi) is 7.28. The molecule has 94 valence electrons. The molecule has 6 heteroatoms. The second-order valence-electron chi connectivity index (χ2n) is 3.98. The summed E-state index contributed by atoms with van der Waals surface area (Å²) in [5, 5.41) is 5.71. The minimum Gasteiger partial charge on any atom is -0.448 e. The summed E-state index contributed by atoms with van der Waals surface area (Å²) in [6.45, 7) is 7.02. The standard InChI is InChI=1S/C10H21N3O3/c1-7(2)6-13-9(14)8(3)12-4-5-16-10(11)15/h7-8,12H,4-6H2,1-3H3,(H2,11,15)(H,13,14). The van der Waals surface area contributed by atoms with Crippen molar-refractivity contribution in [3.63, 3.8) is 0 Å². The van der Waals surface area contributed by atoms with Crippen LogP contribution >= 0.6 is 0 Å². The molecule has 0 aromatic heterocycles. The summed E-state index contributed by atoms with van der Waals surface area (Å²) < 4.78 is 4.51. The van der Waals surface area contributed by atoms with Gasteiger partial charge in [-0.05, 0) is 12.8 Å². The first kappa shape index (κ1) is 14.7. The summed E-state index contributed by atoms with van der Waals surface area (Å²) in [4.78, 5) is 21.7. The van der Waals surface area contributed by atoms with Gasteiger partial charge in [0.25, 0.3) is 0 Å². The van der Waals surface area contributed by atoms with E-state index in [1.807, 2.05) is 13.8 Å². The number of ether oxygens (including phenoxy) is 1. The quantitative estimate of drug-likeness (QED) is 0.530. The Morgan fingerprint density at radius 2 is 1.94 bits per heavy atom. The highest BCUT2D eigenvalue weighted by Gasteiger charge is 2.11. The normalized spacial score (nSPS) is 12.2. The molecule has 0 fully saturated rings. The number of nitrogens with two attached hydrogens (primary N) is 1. The maximum absolute atomic E-state index is 11.5. The number of hydrogen-bond donors (Lipinski definition) is 3. The van der Waals surface area contributed by atoms with E-state index in [0.29, 0.717) is 19.0 Å². The molecule has 4 N–H and O–H groups in total. The van der Waals surface area contributed by atoms with Crippen LogP contribution in [-0.4, -0.2) is 37.7 Å². The van der Waals surface area contributed by atoms with Gasteiger partial charge in [0.05, 0.1) is 6.04 Å². The Morgan fingerprint density at radius 1 is 1.31 bits per heavy atom. The van der Waals surface area contributed by atoms with Gasteiger partial charge < -0.3 is 21.1 Å². The molecule has 0 bridgehead atoms. The highest BCUT2D eigenvalue weighted by molar-refractivity contribution is 5.81. The topological polar surface area (TPSA) is 93.4 Å². The summed E-state index contributed by atoms with van der Waals surface area (Å²) in [5.41, 5.74) is 4.78. The van der Waals surface area contributed by atoms with Crippen molar-refractivity contribution in [3.05, 3.63) is 0 Å². The summed E-state index contributed by atoms with van der Waals surface area (Å²) in [6.07, 6.45) is -0.807. The molecule has 0 aliphatic heterocycles. The molecule has 1 unspecified atom stereocenters. The second kappa shape index (κ2) is 7.92. The molecular weight excluding hydrogens is 210 g/mol. The van der Waals surface area contributed by atoms with E-state index in [2.05, 4.69) is 15.4 Å². The number of primary amides is 1. The molecule has 0 aliphatic rings. The third kappa shape index (κ3) is 8.05. The van der Waals surface area contributed by atoms with E-state index in [0.717, 1.165) is 0 Å². The van der Waals surface area contributed by atoms with Gasteiger partial charge in [-0.3, -0.25) is 4.79 Å². The van der Waals surface area contributed by atoms with E-state index < -0.39 is 6.09 Å². The van der Waals surface area contributed by atoms with Crippen molar-refractivity contribution in [2.45, 2.75) is 26.8 Å². The van der Waals surface area contributed by atoms with Gasteiger partial charge in [0.2, 0.25) is 5.91 Å². The summed E-state index contributed by atoms with van der Waals surface area (Å²) >= 11 is 0. The monoisotopic (exact) mass is 231 g/mol. The average Bonchev–Trinajstić information content (AvgIpc) is 2.20. The first-order valence-corrected chi connectivity index (χ1v) is 5.36. The predicted molar refractivity (Wildman–Crippen MR) is 60.8 cm³/mol. The number of amides is 2.